The van der Waals surface area contributed by atoms with Gasteiger partial charge in [0.05, 0.1) is 0 Å². The number of hydrogen-bond acceptors (Lipinski definition) is 0. The van der Waals surface area contributed by atoms with Crippen LogP contribution >= 0.6 is 0 Å². The lowest BCUT2D eigenvalue weighted by atomic mass is 9.87. The Labute approximate surface area is 104 Å². The molecule has 1 aliphatic carbocycles. The maximum atomic E-state index is 3.79. The molecule has 0 aromatic heterocycles. The van der Waals surface area contributed by atoms with Gasteiger partial charge in [-0.15, -0.1) is 6.58 Å². The van der Waals surface area contributed by atoms with Crippen LogP contribution in [-0.4, -0.2) is 0 Å². The van der Waals surface area contributed by atoms with Crippen LogP contribution in [0, 0.1) is 0 Å². The van der Waals surface area contributed by atoms with Crippen molar-refractivity contribution in [1.82, 2.24) is 0 Å². The van der Waals surface area contributed by atoms with E-state index in [4.69, 9.17) is 0 Å². The van der Waals surface area contributed by atoms with Crippen molar-refractivity contribution in [3.63, 3.8) is 0 Å². The number of benzene rings is 1. The topological polar surface area (TPSA) is 0 Å². The van der Waals surface area contributed by atoms with E-state index < -0.39 is 0 Å². The minimum absolute atomic E-state index is 0.988. The van der Waals surface area contributed by atoms with Crippen LogP contribution in [0.15, 0.2) is 60.2 Å². The van der Waals surface area contributed by atoms with E-state index in [1.54, 1.807) is 0 Å². The van der Waals surface area contributed by atoms with Crippen LogP contribution in [0.25, 0.3) is 6.08 Å². The van der Waals surface area contributed by atoms with Gasteiger partial charge < -0.3 is 0 Å². The van der Waals surface area contributed by atoms with Crippen molar-refractivity contribution in [3.05, 3.63) is 65.8 Å². The molecule has 0 heterocycles. The fourth-order valence-corrected chi connectivity index (χ4v) is 2.33. The maximum Gasteiger partial charge on any atom is -0.0166 e. The van der Waals surface area contributed by atoms with Crippen molar-refractivity contribution in [2.24, 2.45) is 0 Å². The second-order valence-electron chi connectivity index (χ2n) is 4.54. The molecule has 0 atom stereocenters. The zero-order valence-corrected chi connectivity index (χ0v) is 10.4. The zero-order valence-electron chi connectivity index (χ0n) is 10.4. The second-order valence-corrected chi connectivity index (χ2v) is 4.54. The number of hydrogen-bond donors (Lipinski definition) is 0. The van der Waals surface area contributed by atoms with Crippen LogP contribution in [0.2, 0.25) is 0 Å². The molecule has 0 N–H and O–H groups in total. The molecule has 1 saturated carbocycles. The molecule has 0 spiro atoms. The highest BCUT2D eigenvalue weighted by Gasteiger charge is 2.10. The molecular formula is C17H20. The van der Waals surface area contributed by atoms with Gasteiger partial charge in [0, 0.05) is 0 Å². The van der Waals surface area contributed by atoms with Gasteiger partial charge in [-0.05, 0) is 48.8 Å². The van der Waals surface area contributed by atoms with E-state index in [9.17, 15) is 0 Å². The summed E-state index contributed by atoms with van der Waals surface area (Å²) < 4.78 is 0. The molecule has 0 radical (unpaired) electrons. The van der Waals surface area contributed by atoms with Crippen LogP contribution in [0.4, 0.5) is 0 Å². The lowest BCUT2D eigenvalue weighted by Crippen LogP contribution is -1.98. The van der Waals surface area contributed by atoms with Crippen LogP contribution in [-0.2, 0) is 0 Å². The largest absolute Gasteiger partial charge is 0.103 e. The summed E-state index contributed by atoms with van der Waals surface area (Å²) in [6.45, 7) is 3.79. The van der Waals surface area contributed by atoms with E-state index in [0.717, 1.165) is 6.42 Å². The average molecular weight is 224 g/mol. The fraction of sp³-hybridized carbons (Fsp3) is 0.294. The molecule has 0 unspecified atom stereocenters. The van der Waals surface area contributed by atoms with Crippen molar-refractivity contribution >= 4 is 6.08 Å². The molecule has 0 saturated heterocycles. The Hall–Kier alpha value is -1.56. The van der Waals surface area contributed by atoms with E-state index in [2.05, 4.69) is 49.1 Å². The highest BCUT2D eigenvalue weighted by molar-refractivity contribution is 5.58. The first-order chi connectivity index (χ1) is 8.40. The van der Waals surface area contributed by atoms with Gasteiger partial charge in [0.2, 0.25) is 0 Å². The minimum Gasteiger partial charge on any atom is -0.103 e. The van der Waals surface area contributed by atoms with E-state index in [-0.39, 0.29) is 0 Å². The van der Waals surface area contributed by atoms with Gasteiger partial charge in [0.25, 0.3) is 0 Å². The predicted molar refractivity (Wildman–Crippen MR) is 75.8 cm³/mol. The molecule has 0 bridgehead atoms. The molecule has 1 aromatic carbocycles. The molecule has 1 aliphatic rings. The lowest BCUT2D eigenvalue weighted by Gasteiger charge is -2.18. The Balaban J connectivity index is 2.22. The summed E-state index contributed by atoms with van der Waals surface area (Å²) in [7, 11) is 0. The molecule has 0 heteroatoms. The van der Waals surface area contributed by atoms with Crippen LogP contribution in [0.1, 0.15) is 37.7 Å². The highest BCUT2D eigenvalue weighted by Crippen LogP contribution is 2.30. The Morgan fingerprint density at radius 3 is 2.41 bits per heavy atom. The van der Waals surface area contributed by atoms with Crippen LogP contribution < -0.4 is 0 Å². The van der Waals surface area contributed by atoms with Crippen molar-refractivity contribution in [3.8, 4) is 0 Å². The standard InChI is InChI=1S/C17H20/c1-2-3-11-16-12-7-8-13-17(16)14-15-9-5-4-6-10-15/h2,4-6,9-11,14H,1,3,7-8,12-13H2/b16-11+,17-14-. The lowest BCUT2D eigenvalue weighted by molar-refractivity contribution is 0.680. The van der Waals surface area contributed by atoms with Gasteiger partial charge in [-0.2, -0.15) is 0 Å². The first kappa shape index (κ1) is 11.9. The van der Waals surface area contributed by atoms with Gasteiger partial charge in [-0.3, -0.25) is 0 Å². The molecule has 0 aliphatic heterocycles. The average Bonchev–Trinajstić information content (AvgIpc) is 2.39. The first-order valence-corrected chi connectivity index (χ1v) is 6.46. The van der Waals surface area contributed by atoms with E-state index in [0.29, 0.717) is 0 Å². The zero-order chi connectivity index (χ0) is 11.9. The third-order valence-electron chi connectivity index (χ3n) is 3.23. The summed E-state index contributed by atoms with van der Waals surface area (Å²) in [6.07, 6.45) is 12.7. The van der Waals surface area contributed by atoms with Gasteiger partial charge in [-0.25, -0.2) is 0 Å². The van der Waals surface area contributed by atoms with Crippen LogP contribution in [0.3, 0.4) is 0 Å². The second kappa shape index (κ2) is 6.24. The molecule has 17 heavy (non-hydrogen) atoms. The molecular weight excluding hydrogens is 204 g/mol. The summed E-state index contributed by atoms with van der Waals surface area (Å²) in [5.41, 5.74) is 4.36. The quantitative estimate of drug-likeness (QED) is 0.623. The summed E-state index contributed by atoms with van der Waals surface area (Å²) in [5.74, 6) is 0. The third-order valence-corrected chi connectivity index (χ3v) is 3.23. The smallest absolute Gasteiger partial charge is 0.0166 e. The molecule has 0 nitrogen and oxygen atoms in total. The normalized spacial score (nSPS) is 20.7. The fourth-order valence-electron chi connectivity index (χ4n) is 2.33. The van der Waals surface area contributed by atoms with Crippen LogP contribution in [0.5, 0.6) is 0 Å². The molecule has 1 aromatic rings. The summed E-state index contributed by atoms with van der Waals surface area (Å²) in [4.78, 5) is 0. The number of allylic oxidation sites excluding steroid dienone is 4. The SMILES string of the molecule is C=CC/C=C1\CCCC\C1=C\c1ccccc1. The van der Waals surface area contributed by atoms with E-state index in [1.807, 2.05) is 6.08 Å². The maximum absolute atomic E-state index is 3.79. The third kappa shape index (κ3) is 3.45. The first-order valence-electron chi connectivity index (χ1n) is 6.46. The van der Waals surface area contributed by atoms with Gasteiger partial charge in [-0.1, -0.05) is 48.6 Å². The Morgan fingerprint density at radius 2 is 1.71 bits per heavy atom. The van der Waals surface area contributed by atoms with Crippen molar-refractivity contribution in [2.75, 3.05) is 0 Å². The summed E-state index contributed by atoms with van der Waals surface area (Å²) in [5, 5.41) is 0. The van der Waals surface area contributed by atoms with Crippen molar-refractivity contribution < 1.29 is 0 Å². The predicted octanol–water partition coefficient (Wildman–Crippen LogP) is 5.15. The summed E-state index contributed by atoms with van der Waals surface area (Å²) >= 11 is 0. The summed E-state index contributed by atoms with van der Waals surface area (Å²) in [6, 6.07) is 10.6. The molecule has 88 valence electrons. The minimum atomic E-state index is 0.988. The monoisotopic (exact) mass is 224 g/mol. The Kier molecular flexibility index (Phi) is 4.37. The number of rotatable bonds is 3. The Bertz CT molecular complexity index is 421. The van der Waals surface area contributed by atoms with Crippen molar-refractivity contribution in [2.45, 2.75) is 32.1 Å². The van der Waals surface area contributed by atoms with Gasteiger partial charge >= 0.3 is 0 Å². The van der Waals surface area contributed by atoms with Gasteiger partial charge in [0.1, 0.15) is 0 Å². The Morgan fingerprint density at radius 1 is 1.00 bits per heavy atom. The molecule has 2 rings (SSSR count). The van der Waals surface area contributed by atoms with E-state index >= 15 is 0 Å². The van der Waals surface area contributed by atoms with Crippen molar-refractivity contribution in [1.29, 1.82) is 0 Å². The van der Waals surface area contributed by atoms with Gasteiger partial charge in [0.15, 0.2) is 0 Å². The molecule has 0 amide bonds. The molecule has 1 fully saturated rings. The van der Waals surface area contributed by atoms with E-state index in [1.165, 1.54) is 42.4 Å². The highest BCUT2D eigenvalue weighted by atomic mass is 14.2.